The largest absolute Gasteiger partial charge is 0.468 e. The molecule has 5 heteroatoms. The average molecular weight is 210 g/mol. The number of carbonyl (C=O) groups excluding carboxylic acids is 1. The maximum Gasteiger partial charge on any atom is 0.325 e. The van der Waals surface area contributed by atoms with Crippen LogP contribution in [0.25, 0.3) is 0 Å². The molecule has 0 aliphatic heterocycles. The van der Waals surface area contributed by atoms with Crippen molar-refractivity contribution in [3.05, 3.63) is 28.4 Å². The van der Waals surface area contributed by atoms with Gasteiger partial charge >= 0.3 is 5.97 Å². The van der Waals surface area contributed by atoms with Crippen molar-refractivity contribution < 1.29 is 9.53 Å². The summed E-state index contributed by atoms with van der Waals surface area (Å²) in [7, 11) is 1.28. The molecule has 0 atom stereocenters. The number of esters is 1. The van der Waals surface area contributed by atoms with Gasteiger partial charge in [0.15, 0.2) is 0 Å². The van der Waals surface area contributed by atoms with E-state index in [1.807, 2.05) is 6.92 Å². The molecule has 0 spiro atoms. The molecule has 0 aliphatic carbocycles. The number of rotatable bonds is 4. The highest BCUT2D eigenvalue weighted by Gasteiger charge is 2.04. The van der Waals surface area contributed by atoms with Gasteiger partial charge in [-0.25, -0.2) is 4.98 Å². The van der Waals surface area contributed by atoms with E-state index in [4.69, 9.17) is 0 Å². The molecule has 0 saturated carbocycles. The summed E-state index contributed by atoms with van der Waals surface area (Å²) in [6.45, 7) is 1.93. The van der Waals surface area contributed by atoms with E-state index < -0.39 is 5.97 Å². The fourth-order valence-electron chi connectivity index (χ4n) is 1.18. The van der Waals surface area contributed by atoms with Gasteiger partial charge in [-0.3, -0.25) is 14.2 Å². The van der Waals surface area contributed by atoms with Crippen LogP contribution in [0.5, 0.6) is 0 Å². The lowest BCUT2D eigenvalue weighted by Gasteiger charge is -2.04. The third kappa shape index (κ3) is 3.19. The number of ether oxygens (including phenoxy) is 1. The smallest absolute Gasteiger partial charge is 0.325 e. The summed E-state index contributed by atoms with van der Waals surface area (Å²) < 4.78 is 5.69. The number of aryl methyl sites for hydroxylation is 1. The summed E-state index contributed by atoms with van der Waals surface area (Å²) in [6, 6.07) is 1.45. The minimum absolute atomic E-state index is 0.0886. The van der Waals surface area contributed by atoms with Crippen LogP contribution in [-0.4, -0.2) is 22.6 Å². The summed E-state index contributed by atoms with van der Waals surface area (Å²) in [4.78, 5) is 26.5. The summed E-state index contributed by atoms with van der Waals surface area (Å²) in [5.41, 5.74) is 0.530. The molecule has 15 heavy (non-hydrogen) atoms. The number of carbonyl (C=O) groups is 1. The van der Waals surface area contributed by atoms with E-state index >= 15 is 0 Å². The highest BCUT2D eigenvalue weighted by atomic mass is 16.5. The van der Waals surface area contributed by atoms with Crippen LogP contribution in [0.15, 0.2) is 17.2 Å². The van der Waals surface area contributed by atoms with Crippen molar-refractivity contribution >= 4 is 5.97 Å². The zero-order valence-corrected chi connectivity index (χ0v) is 8.90. The molecule has 0 saturated heterocycles. The van der Waals surface area contributed by atoms with Gasteiger partial charge in [0.2, 0.25) is 0 Å². The standard InChI is InChI=1S/C10H14N2O3/c1-3-4-8-5-9(13)12(7-11-8)6-10(14)15-2/h5,7H,3-4,6H2,1-2H3. The Hall–Kier alpha value is -1.65. The van der Waals surface area contributed by atoms with Crippen LogP contribution in [0.1, 0.15) is 19.0 Å². The van der Waals surface area contributed by atoms with E-state index in [2.05, 4.69) is 9.72 Å². The van der Waals surface area contributed by atoms with Crippen molar-refractivity contribution in [2.45, 2.75) is 26.3 Å². The van der Waals surface area contributed by atoms with Crippen LogP contribution in [0.2, 0.25) is 0 Å². The van der Waals surface area contributed by atoms with Gasteiger partial charge in [-0.05, 0) is 6.42 Å². The molecule has 1 aromatic rings. The Morgan fingerprint density at radius 3 is 2.87 bits per heavy atom. The van der Waals surface area contributed by atoms with Gasteiger partial charge in [0.25, 0.3) is 5.56 Å². The van der Waals surface area contributed by atoms with Gasteiger partial charge in [-0.2, -0.15) is 0 Å². The van der Waals surface area contributed by atoms with Crippen LogP contribution < -0.4 is 5.56 Å². The predicted molar refractivity (Wildman–Crippen MR) is 54.5 cm³/mol. The van der Waals surface area contributed by atoms with Gasteiger partial charge in [0.1, 0.15) is 6.54 Å². The van der Waals surface area contributed by atoms with Gasteiger partial charge in [0, 0.05) is 11.8 Å². The van der Waals surface area contributed by atoms with Gasteiger partial charge in [-0.15, -0.1) is 0 Å². The molecule has 5 nitrogen and oxygen atoms in total. The number of methoxy groups -OCH3 is 1. The molecule has 0 unspecified atom stereocenters. The molecule has 1 heterocycles. The molecule has 1 aromatic heterocycles. The fraction of sp³-hybridized carbons (Fsp3) is 0.500. The van der Waals surface area contributed by atoms with Crippen molar-refractivity contribution in [1.82, 2.24) is 9.55 Å². The zero-order chi connectivity index (χ0) is 11.3. The maximum atomic E-state index is 11.5. The second-order valence-electron chi connectivity index (χ2n) is 3.17. The molecule has 1 rings (SSSR count). The first-order valence-corrected chi connectivity index (χ1v) is 4.79. The predicted octanol–water partition coefficient (Wildman–Crippen LogP) is 0.369. The number of hydrogen-bond acceptors (Lipinski definition) is 4. The lowest BCUT2D eigenvalue weighted by molar-refractivity contribution is -0.141. The Balaban J connectivity index is 2.84. The lowest BCUT2D eigenvalue weighted by atomic mass is 10.2. The van der Waals surface area contributed by atoms with Crippen molar-refractivity contribution in [1.29, 1.82) is 0 Å². The van der Waals surface area contributed by atoms with E-state index in [-0.39, 0.29) is 12.1 Å². The van der Waals surface area contributed by atoms with Crippen LogP contribution in [0, 0.1) is 0 Å². The van der Waals surface area contributed by atoms with E-state index in [0.717, 1.165) is 18.5 Å². The molecule has 0 N–H and O–H groups in total. The third-order valence-corrected chi connectivity index (χ3v) is 1.97. The summed E-state index contributed by atoms with van der Waals surface area (Å²) in [5, 5.41) is 0. The van der Waals surface area contributed by atoms with Crippen molar-refractivity contribution in [2.24, 2.45) is 0 Å². The van der Waals surface area contributed by atoms with E-state index in [1.165, 1.54) is 24.1 Å². The summed E-state index contributed by atoms with van der Waals surface area (Å²) in [5.74, 6) is -0.456. The molecule has 0 amide bonds. The quantitative estimate of drug-likeness (QED) is 0.673. The SMILES string of the molecule is CCCc1cc(=O)n(CC(=O)OC)cn1. The average Bonchev–Trinajstić information content (AvgIpc) is 2.22. The van der Waals surface area contributed by atoms with Crippen LogP contribution in [0.3, 0.4) is 0 Å². The molecule has 0 aliphatic rings. The van der Waals surface area contributed by atoms with Gasteiger partial charge in [0.05, 0.1) is 13.4 Å². The molecule has 0 radical (unpaired) electrons. The van der Waals surface area contributed by atoms with Crippen molar-refractivity contribution in [3.63, 3.8) is 0 Å². The zero-order valence-electron chi connectivity index (χ0n) is 8.90. The van der Waals surface area contributed by atoms with Crippen LogP contribution in [-0.2, 0) is 22.5 Å². The Morgan fingerprint density at radius 2 is 2.33 bits per heavy atom. The molecule has 0 fully saturated rings. The lowest BCUT2D eigenvalue weighted by Crippen LogP contribution is -2.25. The molecule has 0 aromatic carbocycles. The number of hydrogen-bond donors (Lipinski definition) is 0. The summed E-state index contributed by atoms with van der Waals surface area (Å²) >= 11 is 0. The molecule has 82 valence electrons. The normalized spacial score (nSPS) is 10.0. The van der Waals surface area contributed by atoms with Crippen molar-refractivity contribution in [2.75, 3.05) is 7.11 Å². The first-order chi connectivity index (χ1) is 7.17. The minimum atomic E-state index is -0.456. The molecular formula is C10H14N2O3. The molecular weight excluding hydrogens is 196 g/mol. The number of nitrogens with zero attached hydrogens (tertiary/aromatic N) is 2. The minimum Gasteiger partial charge on any atom is -0.468 e. The van der Waals surface area contributed by atoms with Crippen LogP contribution in [0.4, 0.5) is 0 Å². The van der Waals surface area contributed by atoms with E-state index in [0.29, 0.717) is 0 Å². The first kappa shape index (κ1) is 11.4. The fourth-order valence-corrected chi connectivity index (χ4v) is 1.18. The maximum absolute atomic E-state index is 11.5. The topological polar surface area (TPSA) is 61.2 Å². The Morgan fingerprint density at radius 1 is 1.60 bits per heavy atom. The van der Waals surface area contributed by atoms with E-state index in [1.54, 1.807) is 0 Å². The molecule has 0 bridgehead atoms. The Bertz CT molecular complexity index is 398. The Kier molecular flexibility index (Phi) is 4.03. The third-order valence-electron chi connectivity index (χ3n) is 1.97. The summed E-state index contributed by atoms with van der Waals surface area (Å²) in [6.07, 6.45) is 3.09. The highest BCUT2D eigenvalue weighted by Crippen LogP contribution is 1.94. The second-order valence-corrected chi connectivity index (χ2v) is 3.17. The highest BCUT2D eigenvalue weighted by molar-refractivity contribution is 5.68. The first-order valence-electron chi connectivity index (χ1n) is 4.79. The Labute approximate surface area is 87.7 Å². The number of aromatic nitrogens is 2. The second kappa shape index (κ2) is 5.29. The monoisotopic (exact) mass is 210 g/mol. The van der Waals surface area contributed by atoms with Gasteiger partial charge in [-0.1, -0.05) is 13.3 Å². The van der Waals surface area contributed by atoms with Gasteiger partial charge < -0.3 is 4.74 Å². The van der Waals surface area contributed by atoms with E-state index in [9.17, 15) is 9.59 Å². The van der Waals surface area contributed by atoms with Crippen molar-refractivity contribution in [3.8, 4) is 0 Å². The van der Waals surface area contributed by atoms with Crippen LogP contribution >= 0.6 is 0 Å².